The summed E-state index contributed by atoms with van der Waals surface area (Å²) in [5.41, 5.74) is 0.800. The van der Waals surface area contributed by atoms with Crippen LogP contribution >= 0.6 is 15.9 Å². The third-order valence-corrected chi connectivity index (χ3v) is 3.50. The van der Waals surface area contributed by atoms with Gasteiger partial charge in [-0.3, -0.25) is 0 Å². The van der Waals surface area contributed by atoms with Crippen LogP contribution in [-0.2, 0) is 0 Å². The van der Waals surface area contributed by atoms with Crippen molar-refractivity contribution in [3.05, 3.63) is 58.1 Å². The second-order valence-electron chi connectivity index (χ2n) is 4.38. The Hall–Kier alpha value is -1.46. The van der Waals surface area contributed by atoms with Crippen LogP contribution in [0.3, 0.4) is 0 Å². The van der Waals surface area contributed by atoms with Crippen molar-refractivity contribution in [2.45, 2.75) is 13.0 Å². The standard InChI is InChI=1S/C15H14BrF2NO/c1-9(19-2)10-3-5-14(12(17)7-10)20-15-6-4-11(16)8-13(15)18/h3-9,19H,1-2H3. The number of nitrogens with one attached hydrogen (secondary N) is 1. The lowest BCUT2D eigenvalue weighted by Gasteiger charge is -2.13. The third kappa shape index (κ3) is 3.35. The maximum atomic E-state index is 14.0. The Kier molecular flexibility index (Phi) is 4.73. The minimum atomic E-state index is -0.550. The van der Waals surface area contributed by atoms with Gasteiger partial charge in [-0.2, -0.15) is 0 Å². The number of hydrogen-bond acceptors (Lipinski definition) is 2. The molecule has 1 atom stereocenters. The van der Waals surface area contributed by atoms with E-state index in [0.717, 1.165) is 5.56 Å². The lowest BCUT2D eigenvalue weighted by atomic mass is 10.1. The smallest absolute Gasteiger partial charge is 0.166 e. The van der Waals surface area contributed by atoms with Crippen LogP contribution in [0.1, 0.15) is 18.5 Å². The van der Waals surface area contributed by atoms with Crippen LogP contribution in [0.15, 0.2) is 40.9 Å². The fraction of sp³-hybridized carbons (Fsp3) is 0.200. The van der Waals surface area contributed by atoms with Crippen molar-refractivity contribution in [2.75, 3.05) is 7.05 Å². The minimum absolute atomic E-state index is 0.00160. The van der Waals surface area contributed by atoms with Crippen molar-refractivity contribution >= 4 is 15.9 Å². The van der Waals surface area contributed by atoms with Crippen molar-refractivity contribution in [1.29, 1.82) is 0 Å². The Bertz CT molecular complexity index is 619. The van der Waals surface area contributed by atoms with Crippen LogP contribution in [0.25, 0.3) is 0 Å². The van der Waals surface area contributed by atoms with Gasteiger partial charge in [0.25, 0.3) is 0 Å². The van der Waals surface area contributed by atoms with Gasteiger partial charge in [-0.25, -0.2) is 8.78 Å². The van der Waals surface area contributed by atoms with Crippen LogP contribution in [0, 0.1) is 11.6 Å². The Morgan fingerprint density at radius 2 is 1.65 bits per heavy atom. The van der Waals surface area contributed by atoms with Gasteiger partial charge in [-0.05, 0) is 49.9 Å². The van der Waals surface area contributed by atoms with Crippen molar-refractivity contribution in [1.82, 2.24) is 5.32 Å². The Morgan fingerprint density at radius 3 is 2.20 bits per heavy atom. The highest BCUT2D eigenvalue weighted by Gasteiger charge is 2.11. The van der Waals surface area contributed by atoms with E-state index in [1.165, 1.54) is 24.3 Å². The first-order valence-electron chi connectivity index (χ1n) is 6.11. The predicted molar refractivity (Wildman–Crippen MR) is 78.0 cm³/mol. The SMILES string of the molecule is CNC(C)c1ccc(Oc2ccc(Br)cc2F)c(F)c1. The van der Waals surface area contributed by atoms with E-state index in [9.17, 15) is 8.78 Å². The summed E-state index contributed by atoms with van der Waals surface area (Å²) in [7, 11) is 1.80. The molecule has 0 spiro atoms. The summed E-state index contributed by atoms with van der Waals surface area (Å²) in [6.07, 6.45) is 0. The van der Waals surface area contributed by atoms with Crippen LogP contribution in [-0.4, -0.2) is 7.05 Å². The first-order valence-corrected chi connectivity index (χ1v) is 6.90. The molecule has 5 heteroatoms. The molecule has 0 saturated heterocycles. The highest BCUT2D eigenvalue weighted by Crippen LogP contribution is 2.29. The average molecular weight is 342 g/mol. The monoisotopic (exact) mass is 341 g/mol. The Balaban J connectivity index is 2.25. The van der Waals surface area contributed by atoms with Crippen LogP contribution in [0.4, 0.5) is 8.78 Å². The molecule has 106 valence electrons. The molecule has 20 heavy (non-hydrogen) atoms. The molecule has 0 bridgehead atoms. The zero-order chi connectivity index (χ0) is 14.7. The number of hydrogen-bond donors (Lipinski definition) is 1. The van der Waals surface area contributed by atoms with Crippen molar-refractivity contribution < 1.29 is 13.5 Å². The summed E-state index contributed by atoms with van der Waals surface area (Å²) >= 11 is 3.15. The summed E-state index contributed by atoms with van der Waals surface area (Å²) in [4.78, 5) is 0. The van der Waals surface area contributed by atoms with Gasteiger partial charge in [0.05, 0.1) is 0 Å². The number of rotatable bonds is 4. The fourth-order valence-electron chi connectivity index (χ4n) is 1.71. The number of benzene rings is 2. The maximum Gasteiger partial charge on any atom is 0.166 e. The first-order chi connectivity index (χ1) is 9.51. The van der Waals surface area contributed by atoms with Crippen molar-refractivity contribution in [3.8, 4) is 11.5 Å². The van der Waals surface area contributed by atoms with Gasteiger partial charge in [-0.1, -0.05) is 22.0 Å². The summed E-state index contributed by atoms with van der Waals surface area (Å²) in [6, 6.07) is 9.01. The highest BCUT2D eigenvalue weighted by atomic mass is 79.9. The molecule has 0 aliphatic rings. The van der Waals surface area contributed by atoms with E-state index in [1.807, 2.05) is 6.92 Å². The summed E-state index contributed by atoms with van der Waals surface area (Å²) in [5.74, 6) is -1.09. The topological polar surface area (TPSA) is 21.3 Å². The number of ether oxygens (including phenoxy) is 1. The Labute approximate surface area is 124 Å². The molecule has 0 aliphatic carbocycles. The molecule has 2 nitrogen and oxygen atoms in total. The van der Waals surface area contributed by atoms with E-state index in [4.69, 9.17) is 4.74 Å². The van der Waals surface area contributed by atoms with Gasteiger partial charge in [0.2, 0.25) is 0 Å². The zero-order valence-electron chi connectivity index (χ0n) is 11.1. The number of halogens is 3. The predicted octanol–water partition coefficient (Wildman–Crippen LogP) is 4.80. The van der Waals surface area contributed by atoms with Crippen LogP contribution in [0.5, 0.6) is 11.5 Å². The van der Waals surface area contributed by atoms with E-state index >= 15 is 0 Å². The molecular formula is C15H14BrF2NO. The average Bonchev–Trinajstić information content (AvgIpc) is 2.42. The van der Waals surface area contributed by atoms with Crippen LogP contribution < -0.4 is 10.1 Å². The molecule has 2 aromatic rings. The van der Waals surface area contributed by atoms with Crippen LogP contribution in [0.2, 0.25) is 0 Å². The van der Waals surface area contributed by atoms with Gasteiger partial charge in [0, 0.05) is 10.5 Å². The minimum Gasteiger partial charge on any atom is -0.451 e. The molecule has 0 fully saturated rings. The zero-order valence-corrected chi connectivity index (χ0v) is 12.7. The molecule has 2 aromatic carbocycles. The van der Waals surface area contributed by atoms with Crippen molar-refractivity contribution in [2.24, 2.45) is 0 Å². The van der Waals surface area contributed by atoms with Crippen molar-refractivity contribution in [3.63, 3.8) is 0 Å². The summed E-state index contributed by atoms with van der Waals surface area (Å²) < 4.78 is 33.5. The molecule has 1 unspecified atom stereocenters. The summed E-state index contributed by atoms with van der Waals surface area (Å²) in [6.45, 7) is 1.92. The second-order valence-corrected chi connectivity index (χ2v) is 5.29. The molecule has 0 heterocycles. The Morgan fingerprint density at radius 1 is 1.05 bits per heavy atom. The normalized spacial score (nSPS) is 12.2. The lowest BCUT2D eigenvalue weighted by Crippen LogP contribution is -2.12. The summed E-state index contributed by atoms with van der Waals surface area (Å²) in [5, 5.41) is 3.02. The van der Waals surface area contributed by atoms with Gasteiger partial charge < -0.3 is 10.1 Å². The molecule has 0 aromatic heterocycles. The molecule has 2 rings (SSSR count). The van der Waals surface area contributed by atoms with Gasteiger partial charge in [-0.15, -0.1) is 0 Å². The van der Waals surface area contributed by atoms with E-state index in [0.29, 0.717) is 4.47 Å². The van der Waals surface area contributed by atoms with Gasteiger partial charge >= 0.3 is 0 Å². The lowest BCUT2D eigenvalue weighted by molar-refractivity contribution is 0.413. The molecular weight excluding hydrogens is 328 g/mol. The van der Waals surface area contributed by atoms with Gasteiger partial charge in [0.1, 0.15) is 0 Å². The second kappa shape index (κ2) is 6.33. The first kappa shape index (κ1) is 14.9. The molecule has 0 aliphatic heterocycles. The third-order valence-electron chi connectivity index (χ3n) is 3.00. The van der Waals surface area contributed by atoms with E-state index in [2.05, 4.69) is 21.2 Å². The maximum absolute atomic E-state index is 14.0. The van der Waals surface area contributed by atoms with E-state index in [-0.39, 0.29) is 17.5 Å². The highest BCUT2D eigenvalue weighted by molar-refractivity contribution is 9.10. The molecule has 1 N–H and O–H groups in total. The van der Waals surface area contributed by atoms with E-state index < -0.39 is 11.6 Å². The molecule has 0 amide bonds. The van der Waals surface area contributed by atoms with E-state index in [1.54, 1.807) is 19.2 Å². The quantitative estimate of drug-likeness (QED) is 0.862. The molecule has 0 radical (unpaired) electrons. The van der Waals surface area contributed by atoms with Gasteiger partial charge in [0.15, 0.2) is 23.1 Å². The molecule has 0 saturated carbocycles. The largest absolute Gasteiger partial charge is 0.451 e. The fourth-order valence-corrected chi connectivity index (χ4v) is 2.05.